The molecule has 1 aromatic rings. The predicted octanol–water partition coefficient (Wildman–Crippen LogP) is 2.28. The van der Waals surface area contributed by atoms with Crippen LogP contribution in [0.4, 0.5) is 5.69 Å². The van der Waals surface area contributed by atoms with Crippen molar-refractivity contribution in [1.82, 2.24) is 20.1 Å². The van der Waals surface area contributed by atoms with E-state index in [1.165, 1.54) is 4.31 Å². The van der Waals surface area contributed by atoms with Crippen molar-refractivity contribution in [3.8, 4) is 6.07 Å². The van der Waals surface area contributed by atoms with Crippen molar-refractivity contribution in [2.45, 2.75) is 94.0 Å². The quantitative estimate of drug-likeness (QED) is 0.598. The third-order valence-corrected chi connectivity index (χ3v) is 10.1. The molecule has 3 heterocycles. The normalized spacial score (nSPS) is 30.4. The summed E-state index contributed by atoms with van der Waals surface area (Å²) in [6.07, 6.45) is 5.01. The Hall–Kier alpha value is -2.19. The molecule has 184 valence electrons. The number of piperidine rings is 1. The predicted molar refractivity (Wildman–Crippen MR) is 128 cm³/mol. The third kappa shape index (κ3) is 3.70. The van der Waals surface area contributed by atoms with Crippen LogP contribution in [0, 0.1) is 17.2 Å². The minimum atomic E-state index is -3.52. The van der Waals surface area contributed by atoms with Crippen LogP contribution in [-0.4, -0.2) is 53.5 Å². The topological polar surface area (TPSA) is 118 Å². The minimum absolute atomic E-state index is 0.0106. The molecule has 34 heavy (non-hydrogen) atoms. The van der Waals surface area contributed by atoms with Crippen LogP contribution in [0.25, 0.3) is 0 Å². The van der Waals surface area contributed by atoms with Gasteiger partial charge in [-0.25, -0.2) is 18.9 Å². The first kappa shape index (κ1) is 23.5. The maximum Gasteiger partial charge on any atom is 0.244 e. The van der Waals surface area contributed by atoms with Crippen LogP contribution in [0.15, 0.2) is 23.1 Å². The second kappa shape index (κ2) is 8.19. The number of hydrogen-bond acceptors (Lipinski definition) is 7. The molecule has 9 nitrogen and oxygen atoms in total. The third-order valence-electron chi connectivity index (χ3n) is 7.89. The number of anilines is 1. The Bertz CT molecular complexity index is 1130. The summed E-state index contributed by atoms with van der Waals surface area (Å²) >= 11 is 0. The summed E-state index contributed by atoms with van der Waals surface area (Å²) in [6, 6.07) is 7.74. The molecular weight excluding hydrogens is 452 g/mol. The maximum absolute atomic E-state index is 13.0. The lowest BCUT2D eigenvalue weighted by atomic mass is 9.86. The molecule has 0 radical (unpaired) electrons. The van der Waals surface area contributed by atoms with Crippen LogP contribution >= 0.6 is 0 Å². The van der Waals surface area contributed by atoms with Gasteiger partial charge in [0.05, 0.1) is 23.3 Å². The maximum atomic E-state index is 13.0. The summed E-state index contributed by atoms with van der Waals surface area (Å²) in [4.78, 5) is 13.3. The molecule has 3 unspecified atom stereocenters. The van der Waals surface area contributed by atoms with E-state index in [9.17, 15) is 18.5 Å². The van der Waals surface area contributed by atoms with Crippen molar-refractivity contribution in [3.63, 3.8) is 0 Å². The highest BCUT2D eigenvalue weighted by atomic mass is 32.2. The van der Waals surface area contributed by atoms with E-state index in [1.54, 1.807) is 12.1 Å². The lowest BCUT2D eigenvalue weighted by Crippen LogP contribution is -2.57. The Morgan fingerprint density at radius 1 is 1.26 bits per heavy atom. The van der Waals surface area contributed by atoms with Crippen molar-refractivity contribution >= 4 is 21.6 Å². The van der Waals surface area contributed by atoms with Gasteiger partial charge in [0.2, 0.25) is 15.9 Å². The lowest BCUT2D eigenvalue weighted by molar-refractivity contribution is -0.128. The van der Waals surface area contributed by atoms with Gasteiger partial charge in [-0.05, 0) is 63.8 Å². The Morgan fingerprint density at radius 3 is 2.68 bits per heavy atom. The molecule has 0 aromatic heterocycles. The molecule has 10 heteroatoms. The van der Waals surface area contributed by atoms with E-state index in [1.807, 2.05) is 26.8 Å². The first-order valence-electron chi connectivity index (χ1n) is 12.2. The van der Waals surface area contributed by atoms with Gasteiger partial charge in [-0.3, -0.25) is 4.79 Å². The van der Waals surface area contributed by atoms with E-state index in [0.29, 0.717) is 24.4 Å². The first-order chi connectivity index (χ1) is 16.1. The number of hydrogen-bond donors (Lipinski definition) is 3. The zero-order chi connectivity index (χ0) is 24.3. The highest BCUT2D eigenvalue weighted by Crippen LogP contribution is 2.44. The smallest absolute Gasteiger partial charge is 0.244 e. The van der Waals surface area contributed by atoms with Gasteiger partial charge in [0, 0.05) is 35.9 Å². The molecule has 3 fully saturated rings. The molecule has 0 bridgehead atoms. The zero-order valence-corrected chi connectivity index (χ0v) is 20.9. The molecule has 1 amide bonds. The summed E-state index contributed by atoms with van der Waals surface area (Å²) in [5.41, 5.74) is 4.36. The summed E-state index contributed by atoms with van der Waals surface area (Å²) in [5, 5.41) is 18.3. The number of benzene rings is 1. The highest BCUT2D eigenvalue weighted by Gasteiger charge is 2.55. The standard InChI is InChI=1S/C24H34N6O3S/c1-23(2,3)29-15-16-14-17(6-7-19(16)34(29,32)33)27-21-20-18(8-13-26-22(20)31)30(28-21)24(11-12-25)9-4-5-10-24/h6-7,14,18,20-21,27-28H,4-5,8-11,13,15H2,1-3H3,(H,26,31). The van der Waals surface area contributed by atoms with Gasteiger partial charge in [-0.15, -0.1) is 0 Å². The summed E-state index contributed by atoms with van der Waals surface area (Å²) in [5.74, 6) is -0.288. The first-order valence-corrected chi connectivity index (χ1v) is 13.6. The van der Waals surface area contributed by atoms with E-state index in [-0.39, 0.29) is 29.6 Å². The fourth-order valence-corrected chi connectivity index (χ4v) is 8.24. The molecular formula is C24H34N6O3S. The molecule has 0 spiro atoms. The zero-order valence-electron chi connectivity index (χ0n) is 20.1. The number of nitriles is 1. The van der Waals surface area contributed by atoms with Crippen molar-refractivity contribution in [3.05, 3.63) is 23.8 Å². The number of sulfonamides is 1. The van der Waals surface area contributed by atoms with E-state index in [4.69, 9.17) is 0 Å². The van der Waals surface area contributed by atoms with E-state index >= 15 is 0 Å². The largest absolute Gasteiger partial charge is 0.368 e. The van der Waals surface area contributed by atoms with E-state index in [2.05, 4.69) is 27.1 Å². The van der Waals surface area contributed by atoms with Crippen LogP contribution in [-0.2, 0) is 21.4 Å². The number of carbonyl (C=O) groups excluding carboxylic acids is 1. The van der Waals surface area contributed by atoms with Gasteiger partial charge < -0.3 is 10.6 Å². The van der Waals surface area contributed by atoms with Crippen molar-refractivity contribution in [1.29, 1.82) is 5.26 Å². The lowest BCUT2D eigenvalue weighted by Gasteiger charge is -2.42. The van der Waals surface area contributed by atoms with Gasteiger partial charge in [-0.1, -0.05) is 12.8 Å². The number of carbonyl (C=O) groups is 1. The highest BCUT2D eigenvalue weighted by molar-refractivity contribution is 7.89. The van der Waals surface area contributed by atoms with Crippen LogP contribution < -0.4 is 16.1 Å². The Morgan fingerprint density at radius 2 is 2.00 bits per heavy atom. The van der Waals surface area contributed by atoms with Crippen LogP contribution in [0.3, 0.4) is 0 Å². The molecule has 3 N–H and O–H groups in total. The fraction of sp³-hybridized carbons (Fsp3) is 0.667. The molecule has 1 saturated carbocycles. The number of nitrogens with one attached hydrogen (secondary N) is 3. The average molecular weight is 487 g/mol. The summed E-state index contributed by atoms with van der Waals surface area (Å²) in [6.45, 7) is 6.66. The van der Waals surface area contributed by atoms with E-state index in [0.717, 1.165) is 43.4 Å². The number of amides is 1. The minimum Gasteiger partial charge on any atom is -0.368 e. The second-order valence-corrected chi connectivity index (χ2v) is 12.9. The summed E-state index contributed by atoms with van der Waals surface area (Å²) < 4.78 is 27.6. The van der Waals surface area contributed by atoms with Gasteiger partial charge in [-0.2, -0.15) is 9.57 Å². The Labute approximate surface area is 201 Å². The summed E-state index contributed by atoms with van der Waals surface area (Å²) in [7, 11) is -3.52. The number of hydrazine groups is 1. The Kier molecular flexibility index (Phi) is 5.67. The van der Waals surface area contributed by atoms with Crippen molar-refractivity contribution < 1.29 is 13.2 Å². The molecule has 3 atom stereocenters. The SMILES string of the molecule is CC(C)(C)N1Cc2cc(NC3NN(C4(CC#N)CCCC4)C4CCNC(=O)C34)ccc2S1(=O)=O. The molecule has 1 aromatic carbocycles. The number of nitrogens with zero attached hydrogens (tertiary/aromatic N) is 3. The van der Waals surface area contributed by atoms with Gasteiger partial charge >= 0.3 is 0 Å². The van der Waals surface area contributed by atoms with E-state index < -0.39 is 15.6 Å². The van der Waals surface area contributed by atoms with Crippen LogP contribution in [0.1, 0.15) is 64.9 Å². The van der Waals surface area contributed by atoms with Crippen molar-refractivity contribution in [2.75, 3.05) is 11.9 Å². The Balaban J connectivity index is 1.43. The van der Waals surface area contributed by atoms with Crippen LogP contribution in [0.5, 0.6) is 0 Å². The molecule has 5 rings (SSSR count). The molecule has 1 aliphatic carbocycles. The molecule has 3 aliphatic heterocycles. The number of rotatable bonds is 4. The number of fused-ring (bicyclic) bond motifs is 2. The van der Waals surface area contributed by atoms with Crippen molar-refractivity contribution in [2.24, 2.45) is 5.92 Å². The fourth-order valence-electron chi connectivity index (χ4n) is 6.28. The molecule has 4 aliphatic rings. The van der Waals surface area contributed by atoms with Crippen LogP contribution in [0.2, 0.25) is 0 Å². The van der Waals surface area contributed by atoms with Gasteiger partial charge in [0.1, 0.15) is 6.17 Å². The van der Waals surface area contributed by atoms with Gasteiger partial charge in [0.15, 0.2) is 0 Å². The molecule has 2 saturated heterocycles. The van der Waals surface area contributed by atoms with Gasteiger partial charge in [0.25, 0.3) is 0 Å². The second-order valence-electron chi connectivity index (χ2n) is 11.1. The monoisotopic (exact) mass is 486 g/mol. The average Bonchev–Trinajstić information content (AvgIpc) is 3.44.